The third-order valence-electron chi connectivity index (χ3n) is 3.47. The molecule has 18 heavy (non-hydrogen) atoms. The van der Waals surface area contributed by atoms with Crippen LogP contribution in [0.1, 0.15) is 48.7 Å². The standard InChI is InChI=1S/C13H17Br2NOS/c1-2-16(9-6-4-3-5-7-9)13(17)11-8-10(14)12(15)18-11/h8-9H,2-7H2,1H3. The first-order valence-electron chi connectivity index (χ1n) is 6.39. The highest BCUT2D eigenvalue weighted by atomic mass is 79.9. The monoisotopic (exact) mass is 393 g/mol. The molecule has 0 radical (unpaired) electrons. The minimum atomic E-state index is 0.181. The Morgan fingerprint density at radius 1 is 1.39 bits per heavy atom. The van der Waals surface area contributed by atoms with Crippen LogP contribution < -0.4 is 0 Å². The molecule has 0 unspecified atom stereocenters. The predicted octanol–water partition coefficient (Wildman–Crippen LogP) is 5.07. The molecule has 1 aromatic rings. The van der Waals surface area contributed by atoms with Gasteiger partial charge in [0.05, 0.1) is 8.66 Å². The Bertz CT molecular complexity index is 407. The SMILES string of the molecule is CCN(C(=O)c1cc(Br)c(Br)s1)C1CCCCC1. The van der Waals surface area contributed by atoms with Gasteiger partial charge in [0.25, 0.3) is 5.91 Å². The van der Waals surface area contributed by atoms with E-state index in [9.17, 15) is 4.79 Å². The zero-order valence-electron chi connectivity index (χ0n) is 10.4. The van der Waals surface area contributed by atoms with Gasteiger partial charge in [0.15, 0.2) is 0 Å². The van der Waals surface area contributed by atoms with Gasteiger partial charge < -0.3 is 4.90 Å². The van der Waals surface area contributed by atoms with E-state index < -0.39 is 0 Å². The molecule has 2 nitrogen and oxygen atoms in total. The number of hydrogen-bond donors (Lipinski definition) is 0. The van der Waals surface area contributed by atoms with Crippen molar-refractivity contribution in [2.75, 3.05) is 6.54 Å². The highest BCUT2D eigenvalue weighted by Gasteiger charge is 2.26. The lowest BCUT2D eigenvalue weighted by Gasteiger charge is -2.33. The van der Waals surface area contributed by atoms with E-state index in [2.05, 4.69) is 38.8 Å². The number of thiophene rings is 1. The van der Waals surface area contributed by atoms with E-state index in [0.29, 0.717) is 6.04 Å². The molecule has 0 bridgehead atoms. The zero-order chi connectivity index (χ0) is 13.1. The van der Waals surface area contributed by atoms with Crippen LogP contribution in [0.15, 0.2) is 14.3 Å². The Kier molecular flexibility index (Phi) is 5.27. The van der Waals surface area contributed by atoms with Crippen LogP contribution in [0.4, 0.5) is 0 Å². The van der Waals surface area contributed by atoms with Gasteiger partial charge >= 0.3 is 0 Å². The van der Waals surface area contributed by atoms with Crippen molar-refractivity contribution in [1.29, 1.82) is 0 Å². The van der Waals surface area contributed by atoms with Crippen LogP contribution in [-0.4, -0.2) is 23.4 Å². The van der Waals surface area contributed by atoms with E-state index in [4.69, 9.17) is 0 Å². The number of hydrogen-bond acceptors (Lipinski definition) is 2. The fraction of sp³-hybridized carbons (Fsp3) is 0.615. The maximum Gasteiger partial charge on any atom is 0.264 e. The van der Waals surface area contributed by atoms with Crippen LogP contribution in [0.5, 0.6) is 0 Å². The lowest BCUT2D eigenvalue weighted by atomic mass is 9.94. The summed E-state index contributed by atoms with van der Waals surface area (Å²) in [5, 5.41) is 0. The highest BCUT2D eigenvalue weighted by Crippen LogP contribution is 2.34. The molecule has 1 saturated carbocycles. The van der Waals surface area contributed by atoms with Crippen LogP contribution in [0, 0.1) is 0 Å². The van der Waals surface area contributed by atoms with E-state index in [1.54, 1.807) is 0 Å². The van der Waals surface area contributed by atoms with Gasteiger partial charge in [-0.25, -0.2) is 0 Å². The van der Waals surface area contributed by atoms with E-state index >= 15 is 0 Å². The lowest BCUT2D eigenvalue weighted by Crippen LogP contribution is -2.40. The van der Waals surface area contributed by atoms with Gasteiger partial charge in [-0.05, 0) is 57.7 Å². The van der Waals surface area contributed by atoms with Crippen LogP contribution in [0.3, 0.4) is 0 Å². The maximum absolute atomic E-state index is 12.5. The molecule has 1 aromatic heterocycles. The van der Waals surface area contributed by atoms with Gasteiger partial charge in [-0.1, -0.05) is 19.3 Å². The first-order valence-corrected chi connectivity index (χ1v) is 8.79. The Hall–Kier alpha value is 0.130. The third kappa shape index (κ3) is 3.17. The van der Waals surface area contributed by atoms with Crippen LogP contribution >= 0.6 is 43.2 Å². The first kappa shape index (κ1) is 14.5. The zero-order valence-corrected chi connectivity index (χ0v) is 14.4. The molecule has 100 valence electrons. The normalized spacial score (nSPS) is 16.8. The average Bonchev–Trinajstić information content (AvgIpc) is 2.72. The van der Waals surface area contributed by atoms with Crippen molar-refractivity contribution in [2.24, 2.45) is 0 Å². The van der Waals surface area contributed by atoms with Gasteiger partial charge in [0, 0.05) is 17.1 Å². The molecule has 0 aliphatic heterocycles. The summed E-state index contributed by atoms with van der Waals surface area (Å²) in [6.07, 6.45) is 6.15. The topological polar surface area (TPSA) is 20.3 Å². The Morgan fingerprint density at radius 2 is 2.06 bits per heavy atom. The summed E-state index contributed by atoms with van der Waals surface area (Å²) in [4.78, 5) is 15.4. The summed E-state index contributed by atoms with van der Waals surface area (Å²) in [5.74, 6) is 0.181. The van der Waals surface area contributed by atoms with Crippen molar-refractivity contribution in [3.8, 4) is 0 Å². The molecule has 1 amide bonds. The Morgan fingerprint density at radius 3 is 2.56 bits per heavy atom. The van der Waals surface area contributed by atoms with Gasteiger partial charge in [-0.2, -0.15) is 0 Å². The van der Waals surface area contributed by atoms with E-state index in [1.165, 1.54) is 30.6 Å². The number of amides is 1. The number of halogens is 2. The third-order valence-corrected chi connectivity index (χ3v) is 6.72. The predicted molar refractivity (Wildman–Crippen MR) is 83.3 cm³/mol. The van der Waals surface area contributed by atoms with E-state index in [1.807, 2.05) is 11.0 Å². The van der Waals surface area contributed by atoms with E-state index in [-0.39, 0.29) is 5.91 Å². The minimum absolute atomic E-state index is 0.181. The summed E-state index contributed by atoms with van der Waals surface area (Å²) in [5.41, 5.74) is 0. The second-order valence-corrected chi connectivity index (χ2v) is 7.84. The Labute approximate surface area is 129 Å². The van der Waals surface area contributed by atoms with Crippen molar-refractivity contribution in [2.45, 2.75) is 45.1 Å². The minimum Gasteiger partial charge on any atom is -0.335 e. The average molecular weight is 395 g/mol. The quantitative estimate of drug-likeness (QED) is 0.700. The highest BCUT2D eigenvalue weighted by molar-refractivity contribution is 9.13. The van der Waals surface area contributed by atoms with Crippen molar-refractivity contribution in [3.63, 3.8) is 0 Å². The molecule has 1 heterocycles. The molecular weight excluding hydrogens is 378 g/mol. The second kappa shape index (κ2) is 6.53. The molecule has 0 saturated heterocycles. The largest absolute Gasteiger partial charge is 0.335 e. The molecule has 1 aliphatic rings. The van der Waals surface area contributed by atoms with Gasteiger partial charge in [-0.3, -0.25) is 4.79 Å². The van der Waals surface area contributed by atoms with Crippen molar-refractivity contribution in [3.05, 3.63) is 19.2 Å². The van der Waals surface area contributed by atoms with Gasteiger partial charge in [0.1, 0.15) is 0 Å². The lowest BCUT2D eigenvalue weighted by molar-refractivity contribution is 0.0653. The van der Waals surface area contributed by atoms with Crippen LogP contribution in [0.25, 0.3) is 0 Å². The number of carbonyl (C=O) groups excluding carboxylic acids is 1. The molecule has 0 spiro atoms. The molecule has 0 atom stereocenters. The molecule has 0 N–H and O–H groups in total. The molecule has 0 aromatic carbocycles. The van der Waals surface area contributed by atoms with Crippen molar-refractivity contribution < 1.29 is 4.79 Å². The van der Waals surface area contributed by atoms with Crippen molar-refractivity contribution in [1.82, 2.24) is 4.90 Å². The fourth-order valence-electron chi connectivity index (χ4n) is 2.55. The number of rotatable bonds is 3. The second-order valence-electron chi connectivity index (χ2n) is 4.62. The molecule has 1 fully saturated rings. The summed E-state index contributed by atoms with van der Waals surface area (Å²) >= 11 is 8.41. The first-order chi connectivity index (χ1) is 8.63. The fourth-order valence-corrected chi connectivity index (χ4v) is 4.55. The summed E-state index contributed by atoms with van der Waals surface area (Å²) in [6, 6.07) is 2.36. The van der Waals surface area contributed by atoms with Crippen molar-refractivity contribution >= 4 is 49.1 Å². The van der Waals surface area contributed by atoms with Crippen LogP contribution in [0.2, 0.25) is 0 Å². The number of carbonyl (C=O) groups is 1. The summed E-state index contributed by atoms with van der Waals surface area (Å²) in [6.45, 7) is 2.88. The summed E-state index contributed by atoms with van der Waals surface area (Å²) in [7, 11) is 0. The molecule has 1 aliphatic carbocycles. The molecular formula is C13H17Br2NOS. The van der Waals surface area contributed by atoms with E-state index in [0.717, 1.165) is 32.5 Å². The molecule has 5 heteroatoms. The smallest absolute Gasteiger partial charge is 0.264 e. The number of nitrogens with zero attached hydrogens (tertiary/aromatic N) is 1. The van der Waals surface area contributed by atoms with Gasteiger partial charge in [-0.15, -0.1) is 11.3 Å². The molecule has 2 rings (SSSR count). The van der Waals surface area contributed by atoms with Crippen LogP contribution in [-0.2, 0) is 0 Å². The maximum atomic E-state index is 12.5. The Balaban J connectivity index is 2.13. The van der Waals surface area contributed by atoms with Gasteiger partial charge in [0.2, 0.25) is 0 Å². The summed E-state index contributed by atoms with van der Waals surface area (Å²) < 4.78 is 1.96.